The number of nitrogens with zero attached hydrogens (tertiary/aromatic N) is 3. The number of H-pyrrole nitrogens is 1. The predicted molar refractivity (Wildman–Crippen MR) is 129 cm³/mol. The summed E-state index contributed by atoms with van der Waals surface area (Å²) in [4.78, 5) is 42.3. The van der Waals surface area contributed by atoms with Gasteiger partial charge in [0, 0.05) is 17.3 Å². The Hall–Kier alpha value is -4.59. The zero-order valence-electron chi connectivity index (χ0n) is 19.2. The number of para-hydroxylation sites is 1. The fraction of sp³-hybridized carbons (Fsp3) is 0.111. The highest BCUT2D eigenvalue weighted by molar-refractivity contribution is 6.53. The van der Waals surface area contributed by atoms with Crippen molar-refractivity contribution < 1.29 is 18.5 Å². The number of aryl methyl sites for hydroxylation is 2. The first kappa shape index (κ1) is 22.2. The van der Waals surface area contributed by atoms with Crippen molar-refractivity contribution in [3.63, 3.8) is 0 Å². The van der Waals surface area contributed by atoms with Crippen molar-refractivity contribution in [2.75, 3.05) is 4.90 Å². The molecule has 8 heteroatoms. The minimum Gasteiger partial charge on any atom is -0.294 e. The first-order valence-corrected chi connectivity index (χ1v) is 11.2. The van der Waals surface area contributed by atoms with E-state index >= 15 is 0 Å². The normalized spacial score (nSPS) is 13.7. The highest BCUT2D eigenvalue weighted by Gasteiger charge is 2.48. The lowest BCUT2D eigenvalue weighted by molar-refractivity contribution is -0.577. The number of hydrogen-bond donors (Lipinski definition) is 1. The van der Waals surface area contributed by atoms with Gasteiger partial charge in [0.05, 0.1) is 16.9 Å². The van der Waals surface area contributed by atoms with Gasteiger partial charge in [-0.2, -0.15) is 4.57 Å². The van der Waals surface area contributed by atoms with Gasteiger partial charge < -0.3 is 0 Å². The molecule has 0 atom stereocenters. The van der Waals surface area contributed by atoms with E-state index in [0.717, 1.165) is 10.5 Å². The number of pyridine rings is 1. The van der Waals surface area contributed by atoms with Crippen molar-refractivity contribution in [1.82, 2.24) is 9.78 Å². The van der Waals surface area contributed by atoms with Crippen LogP contribution in [0.15, 0.2) is 83.9 Å². The number of anilines is 1. The third-order valence-electron chi connectivity index (χ3n) is 5.93. The molecule has 1 aliphatic heterocycles. The van der Waals surface area contributed by atoms with Gasteiger partial charge in [0.1, 0.15) is 11.4 Å². The van der Waals surface area contributed by atoms with Crippen molar-refractivity contribution in [3.8, 4) is 5.69 Å². The first-order valence-electron chi connectivity index (χ1n) is 11.2. The second-order valence-electron chi connectivity index (χ2n) is 8.23. The first-order chi connectivity index (χ1) is 16.9. The molecule has 0 unspecified atom stereocenters. The van der Waals surface area contributed by atoms with Crippen LogP contribution >= 0.6 is 0 Å². The van der Waals surface area contributed by atoms with Crippen molar-refractivity contribution in [2.24, 2.45) is 0 Å². The predicted octanol–water partition coefficient (Wildman–Crippen LogP) is 3.40. The number of carbonyl (C=O) groups is 2. The average Bonchev–Trinajstić information content (AvgIpc) is 3.32. The number of benzene rings is 2. The van der Waals surface area contributed by atoms with Crippen molar-refractivity contribution in [1.29, 1.82) is 0 Å². The summed E-state index contributed by atoms with van der Waals surface area (Å²) in [6.45, 7) is 3.72. The Kier molecular flexibility index (Phi) is 5.49. The van der Waals surface area contributed by atoms with Crippen LogP contribution < -0.4 is 15.0 Å². The molecule has 5 rings (SSSR count). The number of imide groups is 1. The van der Waals surface area contributed by atoms with Crippen LogP contribution in [0, 0.1) is 12.7 Å². The maximum atomic E-state index is 13.8. The zero-order valence-corrected chi connectivity index (χ0v) is 19.2. The molecule has 35 heavy (non-hydrogen) atoms. The van der Waals surface area contributed by atoms with Gasteiger partial charge in [0.15, 0.2) is 12.4 Å². The van der Waals surface area contributed by atoms with Gasteiger partial charge in [-0.1, -0.05) is 25.1 Å². The second kappa shape index (κ2) is 8.64. The summed E-state index contributed by atoms with van der Waals surface area (Å²) in [5, 5.41) is 3.04. The van der Waals surface area contributed by atoms with Crippen LogP contribution in [0.5, 0.6) is 0 Å². The summed E-state index contributed by atoms with van der Waals surface area (Å²) in [7, 11) is 0. The van der Waals surface area contributed by atoms with E-state index in [9.17, 15) is 18.8 Å². The molecular weight excluding hydrogens is 447 g/mol. The largest absolute Gasteiger partial charge is 0.331 e. The molecule has 0 aliphatic carbocycles. The summed E-state index contributed by atoms with van der Waals surface area (Å²) >= 11 is 0. The standard InChI is InChI=1S/C27H21FN4O3/c1-3-21-22(26(34)32(29-21)20-13-11-18(28)12-14-20)23-24(30-15-7-8-17(2)16-30)27(35)31(25(23)33)19-9-5-4-6-10-19/h4-16H,3H2,1-2H3/p+1. The summed E-state index contributed by atoms with van der Waals surface area (Å²) in [5.74, 6) is -1.54. The molecular formula is C27H22FN4O3+. The third-order valence-corrected chi connectivity index (χ3v) is 5.93. The van der Waals surface area contributed by atoms with E-state index in [2.05, 4.69) is 5.10 Å². The van der Waals surface area contributed by atoms with E-state index in [1.54, 1.807) is 53.4 Å². The van der Waals surface area contributed by atoms with Crippen LogP contribution in [0.2, 0.25) is 0 Å². The van der Waals surface area contributed by atoms with Gasteiger partial charge >= 0.3 is 5.91 Å². The fourth-order valence-electron chi connectivity index (χ4n) is 4.29. The smallest absolute Gasteiger partial charge is 0.294 e. The van der Waals surface area contributed by atoms with Crippen molar-refractivity contribution in [3.05, 3.63) is 112 Å². The Balaban J connectivity index is 1.78. The minimum atomic E-state index is -0.581. The van der Waals surface area contributed by atoms with Crippen LogP contribution in [0.4, 0.5) is 10.1 Å². The van der Waals surface area contributed by atoms with Gasteiger partial charge in [-0.15, -0.1) is 0 Å². The molecule has 3 heterocycles. The van der Waals surface area contributed by atoms with Crippen LogP contribution in [0.25, 0.3) is 17.0 Å². The molecule has 174 valence electrons. The summed E-state index contributed by atoms with van der Waals surface area (Å²) in [6.07, 6.45) is 3.82. The summed E-state index contributed by atoms with van der Waals surface area (Å²) < 4.78 is 16.3. The number of aromatic amines is 1. The summed E-state index contributed by atoms with van der Waals surface area (Å²) in [5.41, 5.74) is 1.95. The molecule has 0 bridgehead atoms. The van der Waals surface area contributed by atoms with Crippen LogP contribution in [-0.4, -0.2) is 21.6 Å². The molecule has 2 amide bonds. The van der Waals surface area contributed by atoms with Gasteiger partial charge in [-0.3, -0.25) is 19.5 Å². The van der Waals surface area contributed by atoms with Crippen LogP contribution in [0.3, 0.4) is 0 Å². The molecule has 0 spiro atoms. The SMILES string of the molecule is CCc1[nH]n(-c2ccc(F)cc2)c(=O)c1C1=C([n+]2cccc(C)c2)C(=O)N(c2ccccc2)C1=O. The van der Waals surface area contributed by atoms with E-state index in [-0.39, 0.29) is 16.8 Å². The molecule has 7 nitrogen and oxygen atoms in total. The molecule has 1 N–H and O–H groups in total. The van der Waals surface area contributed by atoms with E-state index in [1.807, 2.05) is 19.9 Å². The lowest BCUT2D eigenvalue weighted by Crippen LogP contribution is -2.39. The molecule has 0 saturated carbocycles. The number of carbonyl (C=O) groups excluding carboxylic acids is 2. The number of halogens is 1. The average molecular weight is 469 g/mol. The molecule has 0 saturated heterocycles. The second-order valence-corrected chi connectivity index (χ2v) is 8.23. The highest BCUT2D eigenvalue weighted by Crippen LogP contribution is 2.33. The minimum absolute atomic E-state index is 0.0217. The Bertz CT molecular complexity index is 1550. The topological polar surface area (TPSA) is 79.1 Å². The van der Waals surface area contributed by atoms with Gasteiger partial charge in [-0.25, -0.2) is 14.0 Å². The maximum Gasteiger partial charge on any atom is 0.331 e. The Morgan fingerprint density at radius 2 is 1.60 bits per heavy atom. The zero-order chi connectivity index (χ0) is 24.7. The molecule has 2 aromatic heterocycles. The van der Waals surface area contributed by atoms with Crippen molar-refractivity contribution in [2.45, 2.75) is 20.3 Å². The van der Waals surface area contributed by atoms with E-state index < -0.39 is 23.2 Å². The molecule has 1 aliphatic rings. The lowest BCUT2D eigenvalue weighted by atomic mass is 10.0. The van der Waals surface area contributed by atoms with E-state index in [4.69, 9.17) is 0 Å². The third kappa shape index (κ3) is 3.69. The fourth-order valence-corrected chi connectivity index (χ4v) is 4.29. The number of rotatable bonds is 5. The van der Waals surface area contributed by atoms with Crippen molar-refractivity contribution >= 4 is 28.8 Å². The quantitative estimate of drug-likeness (QED) is 0.359. The van der Waals surface area contributed by atoms with Gasteiger partial charge in [-0.05, 0) is 55.8 Å². The van der Waals surface area contributed by atoms with Crippen LogP contribution in [-0.2, 0) is 16.0 Å². The maximum absolute atomic E-state index is 13.8. The monoisotopic (exact) mass is 469 g/mol. The number of amides is 2. The number of aromatic nitrogens is 3. The van der Waals surface area contributed by atoms with E-state index in [0.29, 0.717) is 23.5 Å². The molecule has 4 aromatic rings. The number of nitrogens with one attached hydrogen (secondary N) is 1. The molecule has 0 fully saturated rings. The number of hydrogen-bond acceptors (Lipinski definition) is 3. The van der Waals surface area contributed by atoms with Gasteiger partial charge in [0.2, 0.25) is 0 Å². The molecule has 0 radical (unpaired) electrons. The summed E-state index contributed by atoms with van der Waals surface area (Å²) in [6, 6.07) is 17.7. The Morgan fingerprint density at radius 3 is 2.26 bits per heavy atom. The Morgan fingerprint density at radius 1 is 0.886 bits per heavy atom. The van der Waals surface area contributed by atoms with Crippen LogP contribution in [0.1, 0.15) is 23.7 Å². The molecule has 2 aromatic carbocycles. The Labute approximate surface area is 200 Å². The van der Waals surface area contributed by atoms with Gasteiger partial charge in [0.25, 0.3) is 17.2 Å². The lowest BCUT2D eigenvalue weighted by Gasteiger charge is -2.13. The highest BCUT2D eigenvalue weighted by atomic mass is 19.1. The van der Waals surface area contributed by atoms with E-state index in [1.165, 1.54) is 28.9 Å².